The Bertz CT molecular complexity index is 666. The molecule has 0 N–H and O–H groups in total. The highest BCUT2D eigenvalue weighted by Crippen LogP contribution is 2.50. The first kappa shape index (κ1) is 12.6. The number of nitrogens with zero attached hydrogens (tertiary/aromatic N) is 3. The molecule has 4 rings (SSSR count). The van der Waals surface area contributed by atoms with E-state index < -0.39 is 0 Å². The predicted octanol–water partition coefficient (Wildman–Crippen LogP) is 2.31. The molecule has 0 bridgehead atoms. The van der Waals surface area contributed by atoms with Crippen LogP contribution in [0.2, 0.25) is 0 Å². The monoisotopic (exact) mass is 281 g/mol. The summed E-state index contributed by atoms with van der Waals surface area (Å²) in [5, 5.41) is 0. The number of hydrogen-bond donors (Lipinski definition) is 0. The van der Waals surface area contributed by atoms with E-state index in [9.17, 15) is 4.79 Å². The normalized spacial score (nSPS) is 20.1. The van der Waals surface area contributed by atoms with Gasteiger partial charge in [0.2, 0.25) is 5.91 Å². The SMILES string of the molecule is Cc1nccn1C1CN(C(=O)C2(c3ccccc3)CC2)C1. The van der Waals surface area contributed by atoms with E-state index in [4.69, 9.17) is 0 Å². The number of carbonyl (C=O) groups excluding carboxylic acids is 1. The summed E-state index contributed by atoms with van der Waals surface area (Å²) in [6.07, 6.45) is 5.81. The third kappa shape index (κ3) is 1.89. The molecule has 1 saturated heterocycles. The first-order valence-corrected chi connectivity index (χ1v) is 7.55. The van der Waals surface area contributed by atoms with Crippen LogP contribution in [0.4, 0.5) is 0 Å². The second-order valence-electron chi connectivity index (χ2n) is 6.19. The van der Waals surface area contributed by atoms with Crippen LogP contribution in [-0.2, 0) is 10.2 Å². The third-order valence-electron chi connectivity index (χ3n) is 4.89. The Morgan fingerprint density at radius 3 is 2.52 bits per heavy atom. The molecule has 1 aromatic heterocycles. The van der Waals surface area contributed by atoms with Crippen molar-refractivity contribution < 1.29 is 4.79 Å². The van der Waals surface area contributed by atoms with Gasteiger partial charge in [0, 0.05) is 25.5 Å². The van der Waals surface area contributed by atoms with Crippen LogP contribution in [0.5, 0.6) is 0 Å². The Labute approximate surface area is 124 Å². The van der Waals surface area contributed by atoms with Crippen molar-refractivity contribution in [1.29, 1.82) is 0 Å². The molecule has 0 unspecified atom stereocenters. The number of rotatable bonds is 3. The van der Waals surface area contributed by atoms with Crippen molar-refractivity contribution in [2.24, 2.45) is 0 Å². The Kier molecular flexibility index (Phi) is 2.67. The van der Waals surface area contributed by atoms with Gasteiger partial charge in [-0.25, -0.2) is 4.98 Å². The number of amides is 1. The lowest BCUT2D eigenvalue weighted by Crippen LogP contribution is -2.54. The van der Waals surface area contributed by atoms with Crippen LogP contribution >= 0.6 is 0 Å². The van der Waals surface area contributed by atoms with Crippen molar-refractivity contribution in [2.45, 2.75) is 31.2 Å². The molecule has 108 valence electrons. The van der Waals surface area contributed by atoms with Crippen LogP contribution in [0.1, 0.15) is 30.3 Å². The lowest BCUT2D eigenvalue weighted by atomic mass is 9.92. The summed E-state index contributed by atoms with van der Waals surface area (Å²) in [6.45, 7) is 3.63. The highest BCUT2D eigenvalue weighted by molar-refractivity contribution is 5.91. The highest BCUT2D eigenvalue weighted by atomic mass is 16.2. The average molecular weight is 281 g/mol. The Hall–Kier alpha value is -2.10. The standard InChI is InChI=1S/C17H19N3O/c1-13-18-9-10-20(13)15-11-19(12-15)16(21)17(7-8-17)14-5-3-2-4-6-14/h2-6,9-10,15H,7-8,11-12H2,1H3. The second kappa shape index (κ2) is 4.45. The van der Waals surface area contributed by atoms with Gasteiger partial charge in [-0.15, -0.1) is 0 Å². The number of benzene rings is 1. The van der Waals surface area contributed by atoms with Crippen molar-refractivity contribution in [3.8, 4) is 0 Å². The molecule has 1 aromatic carbocycles. The third-order valence-corrected chi connectivity index (χ3v) is 4.89. The number of carbonyl (C=O) groups is 1. The molecule has 1 aliphatic carbocycles. The van der Waals surface area contributed by atoms with E-state index in [2.05, 4.69) is 21.7 Å². The van der Waals surface area contributed by atoms with Gasteiger partial charge >= 0.3 is 0 Å². The quantitative estimate of drug-likeness (QED) is 0.866. The Morgan fingerprint density at radius 2 is 1.95 bits per heavy atom. The zero-order chi connectivity index (χ0) is 14.4. The maximum atomic E-state index is 12.8. The number of hydrogen-bond acceptors (Lipinski definition) is 2. The minimum Gasteiger partial charge on any atom is -0.338 e. The average Bonchev–Trinajstić information content (AvgIpc) is 3.17. The first-order valence-electron chi connectivity index (χ1n) is 7.55. The molecule has 0 atom stereocenters. The van der Waals surface area contributed by atoms with Gasteiger partial charge in [-0.3, -0.25) is 4.79 Å². The lowest BCUT2D eigenvalue weighted by Gasteiger charge is -2.42. The fraction of sp³-hybridized carbons (Fsp3) is 0.412. The molecule has 4 heteroatoms. The molecular formula is C17H19N3O. The van der Waals surface area contributed by atoms with E-state index >= 15 is 0 Å². The van der Waals surface area contributed by atoms with Crippen molar-refractivity contribution in [1.82, 2.24) is 14.5 Å². The minimum absolute atomic E-state index is 0.226. The molecule has 1 amide bonds. The van der Waals surface area contributed by atoms with E-state index in [1.54, 1.807) is 0 Å². The number of likely N-dealkylation sites (tertiary alicyclic amines) is 1. The fourth-order valence-electron chi connectivity index (χ4n) is 3.38. The highest BCUT2D eigenvalue weighted by Gasteiger charge is 2.54. The summed E-state index contributed by atoms with van der Waals surface area (Å²) in [5.74, 6) is 1.33. The van der Waals surface area contributed by atoms with Gasteiger partial charge in [0.25, 0.3) is 0 Å². The molecule has 1 aliphatic heterocycles. The molecule has 2 heterocycles. The van der Waals surface area contributed by atoms with Crippen LogP contribution in [0.15, 0.2) is 42.7 Å². The molecule has 4 nitrogen and oxygen atoms in total. The van der Waals surface area contributed by atoms with Crippen LogP contribution in [-0.4, -0.2) is 33.4 Å². The molecule has 0 radical (unpaired) electrons. The second-order valence-corrected chi connectivity index (χ2v) is 6.19. The van der Waals surface area contributed by atoms with Crippen molar-refractivity contribution >= 4 is 5.91 Å². The summed E-state index contributed by atoms with van der Waals surface area (Å²) < 4.78 is 2.17. The van der Waals surface area contributed by atoms with Crippen LogP contribution in [0, 0.1) is 6.92 Å². The van der Waals surface area contributed by atoms with Crippen molar-refractivity contribution in [2.75, 3.05) is 13.1 Å². The van der Waals surface area contributed by atoms with Gasteiger partial charge in [-0.1, -0.05) is 30.3 Å². The largest absolute Gasteiger partial charge is 0.338 e. The summed E-state index contributed by atoms with van der Waals surface area (Å²) in [6, 6.07) is 10.6. The maximum Gasteiger partial charge on any atom is 0.233 e. The van der Waals surface area contributed by atoms with E-state index in [0.717, 1.165) is 31.8 Å². The Morgan fingerprint density at radius 1 is 1.24 bits per heavy atom. The maximum absolute atomic E-state index is 12.8. The molecule has 2 aromatic rings. The summed E-state index contributed by atoms with van der Waals surface area (Å²) in [5.41, 5.74) is 0.952. The molecular weight excluding hydrogens is 262 g/mol. The number of aromatic nitrogens is 2. The first-order chi connectivity index (χ1) is 10.2. The van der Waals surface area contributed by atoms with E-state index in [-0.39, 0.29) is 5.41 Å². The van der Waals surface area contributed by atoms with Crippen LogP contribution in [0.3, 0.4) is 0 Å². The van der Waals surface area contributed by atoms with Crippen LogP contribution in [0.25, 0.3) is 0 Å². The van der Waals surface area contributed by atoms with Gasteiger partial charge in [0.1, 0.15) is 5.82 Å². The van der Waals surface area contributed by atoms with Crippen molar-refractivity contribution in [3.63, 3.8) is 0 Å². The molecule has 2 aliphatic rings. The molecule has 0 spiro atoms. The minimum atomic E-state index is -0.226. The van der Waals surface area contributed by atoms with Gasteiger partial charge in [-0.05, 0) is 25.3 Å². The predicted molar refractivity (Wildman–Crippen MR) is 79.9 cm³/mol. The Balaban J connectivity index is 1.47. The lowest BCUT2D eigenvalue weighted by molar-refractivity contribution is -0.139. The summed E-state index contributed by atoms with van der Waals surface area (Å²) in [7, 11) is 0. The molecule has 2 fully saturated rings. The number of imidazole rings is 1. The summed E-state index contributed by atoms with van der Waals surface area (Å²) in [4.78, 5) is 19.1. The van der Waals surface area contributed by atoms with E-state index in [0.29, 0.717) is 11.9 Å². The van der Waals surface area contributed by atoms with E-state index in [1.807, 2.05) is 42.4 Å². The summed E-state index contributed by atoms with van der Waals surface area (Å²) >= 11 is 0. The van der Waals surface area contributed by atoms with Crippen LogP contribution < -0.4 is 0 Å². The van der Waals surface area contributed by atoms with Gasteiger partial charge in [0.15, 0.2) is 0 Å². The van der Waals surface area contributed by atoms with E-state index in [1.165, 1.54) is 5.56 Å². The zero-order valence-electron chi connectivity index (χ0n) is 12.2. The van der Waals surface area contributed by atoms with Crippen molar-refractivity contribution in [3.05, 3.63) is 54.1 Å². The van der Waals surface area contributed by atoms with Gasteiger partial charge in [-0.2, -0.15) is 0 Å². The topological polar surface area (TPSA) is 38.1 Å². The molecule has 21 heavy (non-hydrogen) atoms. The fourth-order valence-corrected chi connectivity index (χ4v) is 3.38. The zero-order valence-corrected chi connectivity index (χ0v) is 12.2. The smallest absolute Gasteiger partial charge is 0.233 e. The van der Waals surface area contributed by atoms with Gasteiger partial charge in [0.05, 0.1) is 11.5 Å². The van der Waals surface area contributed by atoms with Gasteiger partial charge < -0.3 is 9.47 Å². The molecule has 1 saturated carbocycles. The number of aryl methyl sites for hydroxylation is 1.